The molecule has 24 heavy (non-hydrogen) atoms. The van der Waals surface area contributed by atoms with Crippen LogP contribution >= 0.6 is 22.9 Å². The average Bonchev–Trinajstić information content (AvgIpc) is 3.11. The number of carbonyl (C=O) groups is 1. The van der Waals surface area contributed by atoms with E-state index in [4.69, 9.17) is 11.6 Å². The highest BCUT2D eigenvalue weighted by atomic mass is 35.5. The highest BCUT2D eigenvalue weighted by molar-refractivity contribution is 7.19. The summed E-state index contributed by atoms with van der Waals surface area (Å²) in [5.74, 6) is -0.568. The summed E-state index contributed by atoms with van der Waals surface area (Å²) in [5, 5.41) is 3.62. The number of nitrogens with one attached hydrogen (secondary N) is 1. The van der Waals surface area contributed by atoms with Gasteiger partial charge in [0.05, 0.1) is 11.1 Å². The second-order valence-electron chi connectivity index (χ2n) is 5.80. The zero-order valence-corrected chi connectivity index (χ0v) is 14.3. The molecule has 1 aromatic heterocycles. The number of benzene rings is 1. The van der Waals surface area contributed by atoms with Crippen LogP contribution in [0.2, 0.25) is 5.02 Å². The first kappa shape index (κ1) is 17.5. The van der Waals surface area contributed by atoms with Gasteiger partial charge < -0.3 is 5.32 Å². The predicted molar refractivity (Wildman–Crippen MR) is 89.3 cm³/mol. The number of amides is 1. The third-order valence-corrected chi connectivity index (χ3v) is 5.78. The predicted octanol–water partition coefficient (Wildman–Crippen LogP) is 4.20. The summed E-state index contributed by atoms with van der Waals surface area (Å²) < 4.78 is 37.9. The van der Waals surface area contributed by atoms with E-state index in [1.165, 1.54) is 0 Å². The van der Waals surface area contributed by atoms with Gasteiger partial charge in [0.15, 0.2) is 0 Å². The van der Waals surface area contributed by atoms with Crippen molar-refractivity contribution in [1.82, 2.24) is 10.2 Å². The van der Waals surface area contributed by atoms with Gasteiger partial charge in [0.1, 0.15) is 6.54 Å². The normalized spacial score (nSPS) is 19.1. The van der Waals surface area contributed by atoms with E-state index in [1.807, 2.05) is 34.5 Å². The molecular weight excluding hydrogens is 361 g/mol. The maximum atomic E-state index is 12.3. The van der Waals surface area contributed by atoms with Crippen LogP contribution < -0.4 is 5.32 Å². The van der Waals surface area contributed by atoms with Gasteiger partial charge in [-0.1, -0.05) is 29.8 Å². The van der Waals surface area contributed by atoms with Crippen LogP contribution in [0.25, 0.3) is 10.1 Å². The molecule has 0 saturated carbocycles. The van der Waals surface area contributed by atoms with Crippen molar-refractivity contribution in [2.45, 2.75) is 31.6 Å². The first-order chi connectivity index (χ1) is 11.3. The third-order valence-electron chi connectivity index (χ3n) is 4.08. The molecular formula is C16H16ClF3N2OS. The van der Waals surface area contributed by atoms with E-state index >= 15 is 0 Å². The quantitative estimate of drug-likeness (QED) is 0.867. The number of hydrogen-bond acceptors (Lipinski definition) is 3. The first-order valence-electron chi connectivity index (χ1n) is 7.59. The van der Waals surface area contributed by atoms with Crippen LogP contribution in [-0.2, 0) is 11.3 Å². The number of fused-ring (bicyclic) bond motifs is 1. The van der Waals surface area contributed by atoms with Gasteiger partial charge in [-0.15, -0.1) is 11.3 Å². The van der Waals surface area contributed by atoms with Crippen LogP contribution in [-0.4, -0.2) is 36.1 Å². The van der Waals surface area contributed by atoms with Crippen LogP contribution in [0.3, 0.4) is 0 Å². The number of carbonyl (C=O) groups excluding carboxylic acids is 1. The Balaban J connectivity index is 1.71. The largest absolute Gasteiger partial charge is 0.405 e. The lowest BCUT2D eigenvalue weighted by Gasteiger charge is -2.23. The van der Waals surface area contributed by atoms with Crippen molar-refractivity contribution in [3.63, 3.8) is 0 Å². The Kier molecular flexibility index (Phi) is 5.03. The molecule has 1 saturated heterocycles. The molecule has 1 aliphatic rings. The fourth-order valence-electron chi connectivity index (χ4n) is 2.97. The van der Waals surface area contributed by atoms with Crippen molar-refractivity contribution in [1.29, 1.82) is 0 Å². The molecule has 1 atom stereocenters. The van der Waals surface area contributed by atoms with Gasteiger partial charge in [0.2, 0.25) is 5.91 Å². The fraction of sp³-hybridized carbons (Fsp3) is 0.438. The highest BCUT2D eigenvalue weighted by Crippen LogP contribution is 2.37. The van der Waals surface area contributed by atoms with Gasteiger partial charge in [0.25, 0.3) is 0 Å². The van der Waals surface area contributed by atoms with E-state index in [1.54, 1.807) is 11.3 Å². The summed E-state index contributed by atoms with van der Waals surface area (Å²) in [7, 11) is 0. The van der Waals surface area contributed by atoms with E-state index in [2.05, 4.69) is 0 Å². The van der Waals surface area contributed by atoms with Crippen LogP contribution in [0, 0.1) is 0 Å². The summed E-state index contributed by atoms with van der Waals surface area (Å²) in [6, 6.07) is 7.23. The highest BCUT2D eigenvalue weighted by Gasteiger charge is 2.34. The molecule has 3 nitrogen and oxygen atoms in total. The molecule has 1 fully saturated rings. The molecule has 2 aromatic rings. The minimum absolute atomic E-state index is 0.474. The number of rotatable bonds is 4. The van der Waals surface area contributed by atoms with Gasteiger partial charge >= 0.3 is 6.18 Å². The molecule has 1 amide bonds. The maximum absolute atomic E-state index is 12.3. The van der Waals surface area contributed by atoms with Crippen molar-refractivity contribution in [3.05, 3.63) is 34.2 Å². The summed E-state index contributed by atoms with van der Waals surface area (Å²) in [4.78, 5) is 14.9. The first-order valence-corrected chi connectivity index (χ1v) is 8.79. The average molecular weight is 377 g/mol. The fourth-order valence-corrected chi connectivity index (χ4v) is 4.49. The van der Waals surface area contributed by atoms with Crippen LogP contribution in [0.4, 0.5) is 13.2 Å². The second kappa shape index (κ2) is 6.90. The van der Waals surface area contributed by atoms with Crippen molar-refractivity contribution >= 4 is 38.9 Å². The number of nitrogens with zero attached hydrogens (tertiary/aromatic N) is 1. The van der Waals surface area contributed by atoms with Crippen molar-refractivity contribution in [2.75, 3.05) is 13.1 Å². The zero-order valence-electron chi connectivity index (χ0n) is 12.7. The minimum Gasteiger partial charge on any atom is -0.346 e. The van der Waals surface area contributed by atoms with Gasteiger partial charge in [-0.05, 0) is 25.5 Å². The molecule has 130 valence electrons. The number of hydrogen-bond donors (Lipinski definition) is 1. The van der Waals surface area contributed by atoms with E-state index in [0.717, 1.165) is 21.4 Å². The lowest BCUT2D eigenvalue weighted by Crippen LogP contribution is -2.45. The Morgan fingerprint density at radius 3 is 2.83 bits per heavy atom. The molecule has 0 radical (unpaired) electrons. The molecule has 8 heteroatoms. The smallest absolute Gasteiger partial charge is 0.346 e. The van der Waals surface area contributed by atoms with E-state index in [9.17, 15) is 18.0 Å². The van der Waals surface area contributed by atoms with E-state index in [0.29, 0.717) is 24.5 Å². The van der Waals surface area contributed by atoms with Gasteiger partial charge in [0, 0.05) is 21.5 Å². The van der Waals surface area contributed by atoms with Gasteiger partial charge in [-0.25, -0.2) is 0 Å². The van der Waals surface area contributed by atoms with Gasteiger partial charge in [-0.3, -0.25) is 9.69 Å². The summed E-state index contributed by atoms with van der Waals surface area (Å²) >= 11 is 7.98. The van der Waals surface area contributed by atoms with Crippen molar-refractivity contribution in [3.8, 4) is 0 Å². The van der Waals surface area contributed by atoms with E-state index < -0.39 is 24.7 Å². The van der Waals surface area contributed by atoms with Crippen LogP contribution in [0.15, 0.2) is 24.3 Å². The summed E-state index contributed by atoms with van der Waals surface area (Å²) in [6.45, 7) is -0.142. The topological polar surface area (TPSA) is 32.3 Å². The number of halogens is 4. The van der Waals surface area contributed by atoms with E-state index in [-0.39, 0.29) is 0 Å². The number of likely N-dealkylation sites (tertiary alicyclic amines) is 1. The molecule has 0 spiro atoms. The monoisotopic (exact) mass is 376 g/mol. The lowest BCUT2D eigenvalue weighted by atomic mass is 10.2. The molecule has 1 N–H and O–H groups in total. The Labute approximate surface area is 146 Å². The number of alkyl halides is 3. The standard InChI is InChI=1S/C16H16ClF3N2OS/c17-14-10-4-1-2-6-12(10)24-13(14)8-22-7-3-5-11(22)15(23)21-9-16(18,19)20/h1-2,4,6,11H,3,5,7-9H2,(H,21,23). The second-order valence-corrected chi connectivity index (χ2v) is 7.31. The van der Waals surface area contributed by atoms with Crippen LogP contribution in [0.5, 0.6) is 0 Å². The summed E-state index contributed by atoms with van der Waals surface area (Å²) in [5.41, 5.74) is 0. The number of thiophene rings is 1. The Bertz CT molecular complexity index is 746. The zero-order chi connectivity index (χ0) is 17.3. The molecule has 1 unspecified atom stereocenters. The lowest BCUT2D eigenvalue weighted by molar-refractivity contribution is -0.141. The van der Waals surface area contributed by atoms with Crippen molar-refractivity contribution < 1.29 is 18.0 Å². The minimum atomic E-state index is -4.39. The van der Waals surface area contributed by atoms with Gasteiger partial charge in [-0.2, -0.15) is 13.2 Å². The maximum Gasteiger partial charge on any atom is 0.405 e. The van der Waals surface area contributed by atoms with Crippen LogP contribution in [0.1, 0.15) is 17.7 Å². The third kappa shape index (κ3) is 3.84. The molecule has 1 aromatic carbocycles. The molecule has 3 rings (SSSR count). The molecule has 2 heterocycles. The molecule has 0 bridgehead atoms. The Hall–Kier alpha value is -1.31. The Morgan fingerprint density at radius 1 is 1.38 bits per heavy atom. The Morgan fingerprint density at radius 2 is 2.12 bits per heavy atom. The summed E-state index contributed by atoms with van der Waals surface area (Å²) in [6.07, 6.45) is -3.05. The SMILES string of the molecule is O=C(NCC(F)(F)F)C1CCCN1Cc1sc2ccccc2c1Cl. The van der Waals surface area contributed by atoms with Crippen molar-refractivity contribution in [2.24, 2.45) is 0 Å². The molecule has 1 aliphatic heterocycles. The molecule has 0 aliphatic carbocycles.